The van der Waals surface area contributed by atoms with E-state index in [2.05, 4.69) is 24.9 Å². The Morgan fingerprint density at radius 3 is 2.72 bits per heavy atom. The van der Waals surface area contributed by atoms with Crippen molar-refractivity contribution >= 4 is 0 Å². The first-order valence-electron chi connectivity index (χ1n) is 6.52. The highest BCUT2D eigenvalue weighted by atomic mass is 16.5. The van der Waals surface area contributed by atoms with Gasteiger partial charge >= 0.3 is 0 Å². The lowest BCUT2D eigenvalue weighted by Crippen LogP contribution is -2.12. The van der Waals surface area contributed by atoms with Crippen LogP contribution in [0.3, 0.4) is 0 Å². The van der Waals surface area contributed by atoms with Gasteiger partial charge in [-0.2, -0.15) is 0 Å². The molecule has 0 heterocycles. The second-order valence-corrected chi connectivity index (χ2v) is 3.98. The maximum Gasteiger partial charge on any atom is 0.161 e. The van der Waals surface area contributed by atoms with Crippen molar-refractivity contribution in [1.82, 2.24) is 5.32 Å². The van der Waals surface area contributed by atoms with Crippen LogP contribution in [0.4, 0.5) is 0 Å². The van der Waals surface area contributed by atoms with Crippen molar-refractivity contribution in [2.75, 3.05) is 19.8 Å². The maximum atomic E-state index is 5.66. The SMILES string of the molecule is C=CCNCc1ccc(OCCC)c(OCC)c1. The van der Waals surface area contributed by atoms with Gasteiger partial charge in [-0.1, -0.05) is 19.1 Å². The van der Waals surface area contributed by atoms with Crippen LogP contribution in [-0.4, -0.2) is 19.8 Å². The van der Waals surface area contributed by atoms with Crippen LogP contribution in [0.25, 0.3) is 0 Å². The summed E-state index contributed by atoms with van der Waals surface area (Å²) in [6.45, 7) is 10.7. The second-order valence-electron chi connectivity index (χ2n) is 3.98. The summed E-state index contributed by atoms with van der Waals surface area (Å²) in [5.74, 6) is 1.65. The molecule has 3 nitrogen and oxygen atoms in total. The summed E-state index contributed by atoms with van der Waals surface area (Å²) in [4.78, 5) is 0. The van der Waals surface area contributed by atoms with Crippen molar-refractivity contribution in [3.05, 3.63) is 36.4 Å². The predicted molar refractivity (Wildman–Crippen MR) is 75.3 cm³/mol. The van der Waals surface area contributed by atoms with Crippen molar-refractivity contribution in [1.29, 1.82) is 0 Å². The monoisotopic (exact) mass is 249 g/mol. The highest BCUT2D eigenvalue weighted by Crippen LogP contribution is 2.28. The molecule has 0 aliphatic rings. The van der Waals surface area contributed by atoms with Gasteiger partial charge in [-0.05, 0) is 31.0 Å². The van der Waals surface area contributed by atoms with Crippen LogP contribution in [0, 0.1) is 0 Å². The van der Waals surface area contributed by atoms with Crippen molar-refractivity contribution in [3.63, 3.8) is 0 Å². The molecule has 1 aromatic carbocycles. The van der Waals surface area contributed by atoms with Crippen molar-refractivity contribution in [2.45, 2.75) is 26.8 Å². The number of hydrogen-bond donors (Lipinski definition) is 1. The lowest BCUT2D eigenvalue weighted by Gasteiger charge is -2.13. The fourth-order valence-electron chi connectivity index (χ4n) is 1.58. The lowest BCUT2D eigenvalue weighted by atomic mass is 10.2. The Morgan fingerprint density at radius 2 is 2.06 bits per heavy atom. The summed E-state index contributed by atoms with van der Waals surface area (Å²) in [6, 6.07) is 6.07. The molecule has 100 valence electrons. The quantitative estimate of drug-likeness (QED) is 0.538. The summed E-state index contributed by atoms with van der Waals surface area (Å²) in [5, 5.41) is 3.27. The molecule has 0 saturated heterocycles. The topological polar surface area (TPSA) is 30.5 Å². The van der Waals surface area contributed by atoms with Crippen LogP contribution in [0.2, 0.25) is 0 Å². The third-order valence-corrected chi connectivity index (χ3v) is 2.39. The van der Waals surface area contributed by atoms with Gasteiger partial charge in [-0.25, -0.2) is 0 Å². The molecule has 0 aromatic heterocycles. The van der Waals surface area contributed by atoms with Gasteiger partial charge in [-0.15, -0.1) is 6.58 Å². The predicted octanol–water partition coefficient (Wildman–Crippen LogP) is 3.15. The molecular weight excluding hydrogens is 226 g/mol. The lowest BCUT2D eigenvalue weighted by molar-refractivity contribution is 0.276. The van der Waals surface area contributed by atoms with Crippen molar-refractivity contribution < 1.29 is 9.47 Å². The highest BCUT2D eigenvalue weighted by Gasteiger charge is 2.06. The molecule has 3 heteroatoms. The van der Waals surface area contributed by atoms with Crippen molar-refractivity contribution in [2.24, 2.45) is 0 Å². The minimum Gasteiger partial charge on any atom is -0.490 e. The van der Waals surface area contributed by atoms with Gasteiger partial charge in [0.25, 0.3) is 0 Å². The molecule has 0 aliphatic heterocycles. The number of ether oxygens (including phenoxy) is 2. The zero-order valence-electron chi connectivity index (χ0n) is 11.4. The summed E-state index contributed by atoms with van der Waals surface area (Å²) in [7, 11) is 0. The Hall–Kier alpha value is -1.48. The fourth-order valence-corrected chi connectivity index (χ4v) is 1.58. The van der Waals surface area contributed by atoms with Crippen LogP contribution >= 0.6 is 0 Å². The first kappa shape index (κ1) is 14.6. The molecule has 0 amide bonds. The van der Waals surface area contributed by atoms with E-state index in [4.69, 9.17) is 9.47 Å². The molecule has 0 atom stereocenters. The third kappa shape index (κ3) is 4.80. The van der Waals surface area contributed by atoms with E-state index in [0.29, 0.717) is 13.2 Å². The molecule has 1 N–H and O–H groups in total. The molecule has 0 fully saturated rings. The Labute approximate surface area is 110 Å². The zero-order chi connectivity index (χ0) is 13.2. The van der Waals surface area contributed by atoms with E-state index in [1.165, 1.54) is 5.56 Å². The zero-order valence-corrected chi connectivity index (χ0v) is 11.4. The smallest absolute Gasteiger partial charge is 0.161 e. The van der Waals surface area contributed by atoms with E-state index in [1.807, 2.05) is 25.1 Å². The van der Waals surface area contributed by atoms with Gasteiger partial charge < -0.3 is 14.8 Å². The minimum absolute atomic E-state index is 0.645. The van der Waals surface area contributed by atoms with Crippen LogP contribution in [-0.2, 0) is 6.54 Å². The van der Waals surface area contributed by atoms with E-state index in [-0.39, 0.29) is 0 Å². The first-order chi connectivity index (χ1) is 8.81. The van der Waals surface area contributed by atoms with Gasteiger partial charge in [0.05, 0.1) is 13.2 Å². The molecule has 0 aliphatic carbocycles. The Morgan fingerprint density at radius 1 is 1.22 bits per heavy atom. The van der Waals surface area contributed by atoms with Gasteiger partial charge in [0.1, 0.15) is 0 Å². The normalized spacial score (nSPS) is 10.1. The average Bonchev–Trinajstić information content (AvgIpc) is 2.38. The van der Waals surface area contributed by atoms with Gasteiger partial charge in [0.2, 0.25) is 0 Å². The summed E-state index contributed by atoms with van der Waals surface area (Å²) in [6.07, 6.45) is 2.84. The molecule has 0 spiro atoms. The van der Waals surface area contributed by atoms with Crippen LogP contribution in [0.15, 0.2) is 30.9 Å². The molecule has 0 unspecified atom stereocenters. The Balaban J connectivity index is 2.71. The Bertz CT molecular complexity index is 364. The average molecular weight is 249 g/mol. The maximum absolute atomic E-state index is 5.66. The van der Waals surface area contributed by atoms with E-state index >= 15 is 0 Å². The molecule has 1 aromatic rings. The van der Waals surface area contributed by atoms with Gasteiger partial charge in [-0.3, -0.25) is 0 Å². The number of rotatable bonds is 9. The third-order valence-electron chi connectivity index (χ3n) is 2.39. The number of nitrogens with one attached hydrogen (secondary N) is 1. The van der Waals surface area contributed by atoms with Gasteiger partial charge in [0, 0.05) is 13.1 Å². The fraction of sp³-hybridized carbons (Fsp3) is 0.467. The Kier molecular flexibility index (Phi) is 6.96. The van der Waals surface area contributed by atoms with E-state index in [9.17, 15) is 0 Å². The van der Waals surface area contributed by atoms with E-state index < -0.39 is 0 Å². The summed E-state index contributed by atoms with van der Waals surface area (Å²) >= 11 is 0. The molecule has 0 bridgehead atoms. The van der Waals surface area contributed by atoms with Gasteiger partial charge in [0.15, 0.2) is 11.5 Å². The summed E-state index contributed by atoms with van der Waals surface area (Å²) in [5.41, 5.74) is 1.18. The molecule has 1 rings (SSSR count). The van der Waals surface area contributed by atoms with Crippen LogP contribution < -0.4 is 14.8 Å². The van der Waals surface area contributed by atoms with Crippen LogP contribution in [0.1, 0.15) is 25.8 Å². The standard InChI is InChI=1S/C15H23NO2/c1-4-9-16-12-13-7-8-14(18-10-5-2)15(11-13)17-6-3/h4,7-8,11,16H,1,5-6,9-10,12H2,2-3H3. The second kappa shape index (κ2) is 8.59. The van der Waals surface area contributed by atoms with Crippen molar-refractivity contribution in [3.8, 4) is 11.5 Å². The minimum atomic E-state index is 0.645. The number of benzene rings is 1. The summed E-state index contributed by atoms with van der Waals surface area (Å²) < 4.78 is 11.3. The van der Waals surface area contributed by atoms with E-state index in [1.54, 1.807) is 0 Å². The number of hydrogen-bond acceptors (Lipinski definition) is 3. The van der Waals surface area contributed by atoms with E-state index in [0.717, 1.165) is 31.0 Å². The largest absolute Gasteiger partial charge is 0.490 e. The highest BCUT2D eigenvalue weighted by molar-refractivity contribution is 5.43. The molecule has 0 radical (unpaired) electrons. The van der Waals surface area contributed by atoms with Crippen LogP contribution in [0.5, 0.6) is 11.5 Å². The first-order valence-corrected chi connectivity index (χ1v) is 6.52. The molecule has 18 heavy (non-hydrogen) atoms. The molecular formula is C15H23NO2. The molecule has 0 saturated carbocycles.